The highest BCUT2D eigenvalue weighted by Gasteiger charge is 2.63. The molecule has 0 aromatic carbocycles. The summed E-state index contributed by atoms with van der Waals surface area (Å²) in [6.07, 6.45) is -5.01. The van der Waals surface area contributed by atoms with Crippen molar-refractivity contribution in [1.29, 1.82) is 0 Å². The lowest BCUT2D eigenvalue weighted by molar-refractivity contribution is -0.231. The molecule has 0 amide bonds. The van der Waals surface area contributed by atoms with Gasteiger partial charge in [-0.25, -0.2) is 9.59 Å². The Balaban J connectivity index is 5.66. The molecule has 0 heterocycles. The first-order chi connectivity index (χ1) is 10.7. The summed E-state index contributed by atoms with van der Waals surface area (Å²) >= 11 is 0. The van der Waals surface area contributed by atoms with Crippen molar-refractivity contribution in [2.24, 2.45) is 0 Å². The maximum Gasteiger partial charge on any atom is 0.422 e. The number of alkyl halides is 5. The van der Waals surface area contributed by atoms with Crippen LogP contribution in [0.4, 0.5) is 22.0 Å². The van der Waals surface area contributed by atoms with Crippen molar-refractivity contribution < 1.29 is 45.8 Å². The van der Waals surface area contributed by atoms with E-state index >= 15 is 0 Å². The zero-order valence-electron chi connectivity index (χ0n) is 13.3. The molecule has 0 aromatic rings. The van der Waals surface area contributed by atoms with Gasteiger partial charge in [0.2, 0.25) is 5.60 Å². The lowest BCUT2D eigenvalue weighted by Gasteiger charge is -2.35. The lowest BCUT2D eigenvalue weighted by Crippen LogP contribution is -2.56. The Morgan fingerprint density at radius 3 is 1.92 bits per heavy atom. The maximum absolute atomic E-state index is 14.3. The predicted molar refractivity (Wildman–Crippen MR) is 72.0 cm³/mol. The summed E-state index contributed by atoms with van der Waals surface area (Å²) in [5, 5.41) is 0. The summed E-state index contributed by atoms with van der Waals surface area (Å²) in [6.45, 7) is 7.04. The van der Waals surface area contributed by atoms with Crippen molar-refractivity contribution in [3.8, 4) is 0 Å². The van der Waals surface area contributed by atoms with Gasteiger partial charge < -0.3 is 14.2 Å². The first-order valence-electron chi connectivity index (χ1n) is 6.51. The van der Waals surface area contributed by atoms with Crippen LogP contribution in [-0.2, 0) is 23.8 Å². The van der Waals surface area contributed by atoms with E-state index in [2.05, 4.69) is 22.6 Å². The molecule has 0 spiro atoms. The van der Waals surface area contributed by atoms with Crippen molar-refractivity contribution in [3.63, 3.8) is 0 Å². The van der Waals surface area contributed by atoms with Crippen LogP contribution in [0.1, 0.15) is 20.8 Å². The molecule has 0 aromatic heterocycles. The molecule has 1 unspecified atom stereocenters. The number of esters is 2. The second-order valence-corrected chi connectivity index (χ2v) is 4.82. The third-order valence-corrected chi connectivity index (χ3v) is 2.72. The van der Waals surface area contributed by atoms with Crippen LogP contribution in [-0.4, -0.2) is 42.9 Å². The molecule has 0 radical (unpaired) electrons. The standard InChI is InChI=1S/C14H17F5O5/c1-6-22-9(4)12(5,24-10(20)8(2)3)14(18,19)11(21)23-7-13(15,16)17/h2,4,6-7H2,1,3,5H3. The van der Waals surface area contributed by atoms with Crippen molar-refractivity contribution in [1.82, 2.24) is 0 Å². The molecule has 10 heteroatoms. The third kappa shape index (κ3) is 5.20. The van der Waals surface area contributed by atoms with Crippen molar-refractivity contribution in [2.75, 3.05) is 13.2 Å². The molecule has 0 fully saturated rings. The lowest BCUT2D eigenvalue weighted by atomic mass is 9.95. The van der Waals surface area contributed by atoms with Crippen molar-refractivity contribution >= 4 is 11.9 Å². The second-order valence-electron chi connectivity index (χ2n) is 4.82. The van der Waals surface area contributed by atoms with Gasteiger partial charge in [0, 0.05) is 5.57 Å². The molecule has 5 nitrogen and oxygen atoms in total. The molecule has 0 rings (SSSR count). The van der Waals surface area contributed by atoms with E-state index in [4.69, 9.17) is 4.74 Å². The minimum Gasteiger partial charge on any atom is -0.494 e. The summed E-state index contributed by atoms with van der Waals surface area (Å²) in [5.74, 6) is -9.40. The van der Waals surface area contributed by atoms with Gasteiger partial charge in [-0.1, -0.05) is 13.2 Å². The van der Waals surface area contributed by atoms with Gasteiger partial charge in [-0.2, -0.15) is 22.0 Å². The van der Waals surface area contributed by atoms with E-state index in [-0.39, 0.29) is 12.2 Å². The number of hydrogen-bond acceptors (Lipinski definition) is 5. The largest absolute Gasteiger partial charge is 0.494 e. The van der Waals surface area contributed by atoms with E-state index in [1.807, 2.05) is 0 Å². The Bertz CT molecular complexity index is 526. The SMILES string of the molecule is C=C(C)C(=O)OC(C)(C(=C)OCC)C(F)(F)C(=O)OCC(F)(F)F. The first-order valence-corrected chi connectivity index (χ1v) is 6.51. The summed E-state index contributed by atoms with van der Waals surface area (Å²) in [7, 11) is 0. The highest BCUT2D eigenvalue weighted by Crippen LogP contribution is 2.39. The molecule has 0 saturated heterocycles. The molecule has 0 aliphatic rings. The smallest absolute Gasteiger partial charge is 0.422 e. The van der Waals surface area contributed by atoms with Crippen LogP contribution in [0.15, 0.2) is 24.5 Å². The molecule has 1 atom stereocenters. The van der Waals surface area contributed by atoms with Gasteiger partial charge in [0.25, 0.3) is 0 Å². The third-order valence-electron chi connectivity index (χ3n) is 2.72. The van der Waals surface area contributed by atoms with Crippen LogP contribution in [0.2, 0.25) is 0 Å². The number of hydrogen-bond donors (Lipinski definition) is 0. The fourth-order valence-electron chi connectivity index (χ4n) is 1.31. The highest BCUT2D eigenvalue weighted by atomic mass is 19.4. The maximum atomic E-state index is 14.3. The predicted octanol–water partition coefficient (Wildman–Crippen LogP) is 3.16. The zero-order chi connectivity index (χ0) is 19.3. The Labute approximate surface area is 135 Å². The first kappa shape index (κ1) is 21.9. The van der Waals surface area contributed by atoms with Gasteiger partial charge >= 0.3 is 24.0 Å². The average Bonchev–Trinajstić information content (AvgIpc) is 2.43. The molecule has 0 saturated carbocycles. The fraction of sp³-hybridized carbons (Fsp3) is 0.571. The van der Waals surface area contributed by atoms with Gasteiger partial charge in [0.15, 0.2) is 6.61 Å². The van der Waals surface area contributed by atoms with Crippen molar-refractivity contribution in [3.05, 3.63) is 24.5 Å². The minimum atomic E-state index is -5.01. The van der Waals surface area contributed by atoms with Crippen LogP contribution >= 0.6 is 0 Å². The number of carbonyl (C=O) groups excluding carboxylic acids is 2. The van der Waals surface area contributed by atoms with Gasteiger partial charge in [0.05, 0.1) is 6.61 Å². The Hall–Kier alpha value is -2.13. The van der Waals surface area contributed by atoms with E-state index < -0.39 is 42.0 Å². The van der Waals surface area contributed by atoms with Gasteiger partial charge in [-0.15, -0.1) is 0 Å². The topological polar surface area (TPSA) is 61.8 Å². The molecular formula is C14H17F5O5. The molecule has 138 valence electrons. The highest BCUT2D eigenvalue weighted by molar-refractivity contribution is 5.88. The Morgan fingerprint density at radius 1 is 1.04 bits per heavy atom. The van der Waals surface area contributed by atoms with Gasteiger partial charge in [0.1, 0.15) is 5.76 Å². The summed E-state index contributed by atoms with van der Waals surface area (Å²) in [6, 6.07) is 0. The summed E-state index contributed by atoms with van der Waals surface area (Å²) in [5.41, 5.74) is -3.38. The number of ether oxygens (including phenoxy) is 3. The molecule has 0 bridgehead atoms. The quantitative estimate of drug-likeness (QED) is 0.288. The normalized spacial score (nSPS) is 14.3. The molecule has 0 N–H and O–H groups in total. The summed E-state index contributed by atoms with van der Waals surface area (Å²) < 4.78 is 77.7. The van der Waals surface area contributed by atoms with Gasteiger partial charge in [-0.3, -0.25) is 0 Å². The fourth-order valence-corrected chi connectivity index (χ4v) is 1.31. The van der Waals surface area contributed by atoms with Crippen LogP contribution in [0.25, 0.3) is 0 Å². The van der Waals surface area contributed by atoms with Crippen LogP contribution in [0, 0.1) is 0 Å². The minimum absolute atomic E-state index is 0.174. The summed E-state index contributed by atoms with van der Waals surface area (Å²) in [4.78, 5) is 23.0. The molecule has 0 aliphatic carbocycles. The monoisotopic (exact) mass is 360 g/mol. The van der Waals surface area contributed by atoms with E-state index in [1.54, 1.807) is 0 Å². The number of rotatable bonds is 8. The average molecular weight is 360 g/mol. The van der Waals surface area contributed by atoms with E-state index in [0.717, 1.165) is 6.92 Å². The molecule has 24 heavy (non-hydrogen) atoms. The van der Waals surface area contributed by atoms with Gasteiger partial charge in [-0.05, 0) is 20.8 Å². The van der Waals surface area contributed by atoms with Crippen molar-refractivity contribution in [2.45, 2.75) is 38.5 Å². The Kier molecular flexibility index (Phi) is 6.95. The van der Waals surface area contributed by atoms with E-state index in [0.29, 0.717) is 6.92 Å². The van der Waals surface area contributed by atoms with Crippen LogP contribution in [0.3, 0.4) is 0 Å². The molecule has 0 aliphatic heterocycles. The number of halogens is 5. The second kappa shape index (κ2) is 7.63. The zero-order valence-corrected chi connectivity index (χ0v) is 13.3. The van der Waals surface area contributed by atoms with Crippen LogP contribution in [0.5, 0.6) is 0 Å². The number of carbonyl (C=O) groups is 2. The van der Waals surface area contributed by atoms with E-state index in [9.17, 15) is 31.5 Å². The van der Waals surface area contributed by atoms with E-state index in [1.165, 1.54) is 6.92 Å². The van der Waals surface area contributed by atoms with Crippen LogP contribution < -0.4 is 0 Å². The Morgan fingerprint density at radius 2 is 1.54 bits per heavy atom. The molecular weight excluding hydrogens is 343 g/mol.